The number of hydrogen-bond donors (Lipinski definition) is 1. The fraction of sp³-hybridized carbons (Fsp3) is 0.375. The second-order valence-electron chi connectivity index (χ2n) is 2.56. The molecular weight excluding hydrogens is 288 g/mol. The lowest BCUT2D eigenvalue weighted by molar-refractivity contribution is 0.124. The second-order valence-corrected chi connectivity index (χ2v) is 3.80. The van der Waals surface area contributed by atoms with Crippen LogP contribution < -0.4 is 4.74 Å². The van der Waals surface area contributed by atoms with Crippen LogP contribution in [0.2, 0.25) is 0 Å². The number of aliphatic hydroxyl groups is 1. The molecule has 0 saturated heterocycles. The van der Waals surface area contributed by atoms with Crippen molar-refractivity contribution < 1.29 is 14.2 Å². The SMILES string of the molecule is C[C@H](CO)Oc1cc(I)cc(F)n1. The van der Waals surface area contributed by atoms with Gasteiger partial charge in [0, 0.05) is 15.7 Å². The van der Waals surface area contributed by atoms with Gasteiger partial charge in [-0.05, 0) is 29.5 Å². The molecular formula is C8H9FINO2. The highest BCUT2D eigenvalue weighted by Gasteiger charge is 2.05. The number of aliphatic hydroxyl groups excluding tert-OH is 1. The largest absolute Gasteiger partial charge is 0.472 e. The van der Waals surface area contributed by atoms with E-state index in [0.717, 1.165) is 0 Å². The van der Waals surface area contributed by atoms with Gasteiger partial charge >= 0.3 is 0 Å². The van der Waals surface area contributed by atoms with E-state index in [1.807, 2.05) is 22.6 Å². The van der Waals surface area contributed by atoms with Crippen LogP contribution in [0.5, 0.6) is 5.88 Å². The Kier molecular flexibility index (Phi) is 3.86. The lowest BCUT2D eigenvalue weighted by Gasteiger charge is -2.10. The van der Waals surface area contributed by atoms with Crippen LogP contribution in [0, 0.1) is 9.52 Å². The van der Waals surface area contributed by atoms with E-state index in [9.17, 15) is 4.39 Å². The number of pyridine rings is 1. The molecule has 72 valence electrons. The maximum absolute atomic E-state index is 12.7. The highest BCUT2D eigenvalue weighted by Crippen LogP contribution is 2.14. The number of halogens is 2. The van der Waals surface area contributed by atoms with E-state index in [2.05, 4.69) is 4.98 Å². The summed E-state index contributed by atoms with van der Waals surface area (Å²) in [6.07, 6.45) is -0.370. The molecule has 3 nitrogen and oxygen atoms in total. The Morgan fingerprint density at radius 1 is 1.69 bits per heavy atom. The fourth-order valence-corrected chi connectivity index (χ4v) is 1.27. The lowest BCUT2D eigenvalue weighted by Crippen LogP contribution is -2.17. The van der Waals surface area contributed by atoms with Gasteiger partial charge in [0.05, 0.1) is 6.61 Å². The molecule has 13 heavy (non-hydrogen) atoms. The van der Waals surface area contributed by atoms with Gasteiger partial charge in [-0.3, -0.25) is 0 Å². The van der Waals surface area contributed by atoms with Gasteiger partial charge in [-0.2, -0.15) is 9.37 Å². The highest BCUT2D eigenvalue weighted by molar-refractivity contribution is 14.1. The van der Waals surface area contributed by atoms with Crippen LogP contribution in [0.4, 0.5) is 4.39 Å². The van der Waals surface area contributed by atoms with Crippen LogP contribution in [0.1, 0.15) is 6.92 Å². The lowest BCUT2D eigenvalue weighted by atomic mass is 10.4. The molecule has 0 radical (unpaired) electrons. The first kappa shape index (κ1) is 10.6. The van der Waals surface area contributed by atoms with Gasteiger partial charge in [-0.15, -0.1) is 0 Å². The number of ether oxygens (including phenoxy) is 1. The highest BCUT2D eigenvalue weighted by atomic mass is 127. The summed E-state index contributed by atoms with van der Waals surface area (Å²) in [7, 11) is 0. The number of rotatable bonds is 3. The van der Waals surface area contributed by atoms with Gasteiger partial charge in [0.2, 0.25) is 11.8 Å². The van der Waals surface area contributed by atoms with Gasteiger partial charge in [0.25, 0.3) is 0 Å². The molecule has 0 aliphatic carbocycles. The smallest absolute Gasteiger partial charge is 0.217 e. The van der Waals surface area contributed by atoms with E-state index < -0.39 is 5.95 Å². The van der Waals surface area contributed by atoms with Gasteiger partial charge in [-0.1, -0.05) is 0 Å². The summed E-state index contributed by atoms with van der Waals surface area (Å²) < 4.78 is 18.6. The monoisotopic (exact) mass is 297 g/mol. The van der Waals surface area contributed by atoms with E-state index in [-0.39, 0.29) is 18.6 Å². The molecule has 5 heteroatoms. The van der Waals surface area contributed by atoms with Crippen LogP contribution in [-0.2, 0) is 0 Å². The third-order valence-corrected chi connectivity index (χ3v) is 1.94. The second kappa shape index (κ2) is 4.71. The Morgan fingerprint density at radius 3 is 2.92 bits per heavy atom. The maximum atomic E-state index is 12.7. The Morgan fingerprint density at radius 2 is 2.38 bits per heavy atom. The summed E-state index contributed by atoms with van der Waals surface area (Å²) in [6.45, 7) is 1.56. The number of hydrogen-bond acceptors (Lipinski definition) is 3. The van der Waals surface area contributed by atoms with Crippen molar-refractivity contribution in [3.05, 3.63) is 21.7 Å². The summed E-state index contributed by atoms with van der Waals surface area (Å²) in [4.78, 5) is 3.52. The van der Waals surface area contributed by atoms with Gasteiger partial charge in [0.1, 0.15) is 6.10 Å². The van der Waals surface area contributed by atoms with Gasteiger partial charge < -0.3 is 9.84 Å². The van der Waals surface area contributed by atoms with Crippen molar-refractivity contribution in [1.29, 1.82) is 0 Å². The molecule has 1 heterocycles. The van der Waals surface area contributed by atoms with Crippen molar-refractivity contribution >= 4 is 22.6 Å². The van der Waals surface area contributed by atoms with Crippen molar-refractivity contribution in [2.24, 2.45) is 0 Å². The quantitative estimate of drug-likeness (QED) is 0.680. The van der Waals surface area contributed by atoms with Crippen LogP contribution in [0.25, 0.3) is 0 Å². The summed E-state index contributed by atoms with van der Waals surface area (Å²) in [6, 6.07) is 2.91. The zero-order chi connectivity index (χ0) is 9.84. The van der Waals surface area contributed by atoms with E-state index >= 15 is 0 Å². The zero-order valence-corrected chi connectivity index (χ0v) is 9.16. The molecule has 1 atom stereocenters. The van der Waals surface area contributed by atoms with Crippen LogP contribution in [0.3, 0.4) is 0 Å². The number of aromatic nitrogens is 1. The van der Waals surface area contributed by atoms with E-state index in [1.165, 1.54) is 6.07 Å². The van der Waals surface area contributed by atoms with Gasteiger partial charge in [0.15, 0.2) is 0 Å². The molecule has 0 bridgehead atoms. The molecule has 0 spiro atoms. The molecule has 0 aromatic carbocycles. The predicted octanol–water partition coefficient (Wildman–Crippen LogP) is 1.58. The minimum absolute atomic E-state index is 0.116. The van der Waals surface area contributed by atoms with Crippen molar-refractivity contribution in [2.45, 2.75) is 13.0 Å². The molecule has 0 saturated carbocycles. The fourth-order valence-electron chi connectivity index (χ4n) is 0.747. The molecule has 1 N–H and O–H groups in total. The first-order chi connectivity index (χ1) is 6.11. The zero-order valence-electron chi connectivity index (χ0n) is 7.00. The van der Waals surface area contributed by atoms with Crippen molar-refractivity contribution in [2.75, 3.05) is 6.61 Å². The Hall–Kier alpha value is -0.430. The Labute approximate surface area is 89.1 Å². The molecule has 0 unspecified atom stereocenters. The normalized spacial score (nSPS) is 12.6. The molecule has 0 fully saturated rings. The predicted molar refractivity (Wildman–Crippen MR) is 54.1 cm³/mol. The van der Waals surface area contributed by atoms with Crippen LogP contribution >= 0.6 is 22.6 Å². The Bertz CT molecular complexity index is 275. The summed E-state index contributed by atoms with van der Waals surface area (Å²) in [5, 5.41) is 8.69. The third-order valence-electron chi connectivity index (χ3n) is 1.31. The minimum atomic E-state index is -0.577. The van der Waals surface area contributed by atoms with Crippen molar-refractivity contribution in [1.82, 2.24) is 4.98 Å². The Balaban J connectivity index is 2.77. The van der Waals surface area contributed by atoms with Crippen molar-refractivity contribution in [3.63, 3.8) is 0 Å². The molecule has 1 aromatic heterocycles. The molecule has 1 aromatic rings. The standard InChI is InChI=1S/C8H9FINO2/c1-5(4-12)13-8-3-6(10)2-7(9)11-8/h2-3,5,12H,4H2,1H3/t5-/m1/s1. The molecule has 0 aliphatic heterocycles. The van der Waals surface area contributed by atoms with Crippen molar-refractivity contribution in [3.8, 4) is 5.88 Å². The van der Waals surface area contributed by atoms with E-state index in [0.29, 0.717) is 3.57 Å². The van der Waals surface area contributed by atoms with Gasteiger partial charge in [-0.25, -0.2) is 0 Å². The first-order valence-electron chi connectivity index (χ1n) is 3.72. The summed E-state index contributed by atoms with van der Waals surface area (Å²) >= 11 is 1.97. The molecule has 0 amide bonds. The van der Waals surface area contributed by atoms with Crippen LogP contribution in [-0.4, -0.2) is 22.8 Å². The average molecular weight is 297 g/mol. The van der Waals surface area contributed by atoms with Crippen LogP contribution in [0.15, 0.2) is 12.1 Å². The van der Waals surface area contributed by atoms with E-state index in [1.54, 1.807) is 13.0 Å². The maximum Gasteiger partial charge on any atom is 0.217 e. The summed E-state index contributed by atoms with van der Waals surface area (Å²) in [5.74, 6) is -0.377. The number of nitrogens with zero attached hydrogens (tertiary/aromatic N) is 1. The first-order valence-corrected chi connectivity index (χ1v) is 4.80. The summed E-state index contributed by atoms with van der Waals surface area (Å²) in [5.41, 5.74) is 0. The third kappa shape index (κ3) is 3.43. The minimum Gasteiger partial charge on any atom is -0.472 e. The topological polar surface area (TPSA) is 42.4 Å². The van der Waals surface area contributed by atoms with E-state index in [4.69, 9.17) is 9.84 Å². The molecule has 1 rings (SSSR count). The average Bonchev–Trinajstić information content (AvgIpc) is 2.02. The molecule has 0 aliphatic rings.